The number of methoxy groups -OCH3 is 1. The molecule has 1 saturated carbocycles. The highest BCUT2D eigenvalue weighted by atomic mass is 19.1. The summed E-state index contributed by atoms with van der Waals surface area (Å²) < 4.78 is 18.8. The molecule has 2 saturated heterocycles. The smallest absolute Gasteiger partial charge is 0.324 e. The van der Waals surface area contributed by atoms with E-state index >= 15 is 0 Å². The van der Waals surface area contributed by atoms with E-state index in [4.69, 9.17) is 4.74 Å². The van der Waals surface area contributed by atoms with Crippen LogP contribution in [0.15, 0.2) is 24.3 Å². The summed E-state index contributed by atoms with van der Waals surface area (Å²) >= 11 is 0. The Labute approximate surface area is 235 Å². The van der Waals surface area contributed by atoms with Gasteiger partial charge >= 0.3 is 12.0 Å². The Balaban J connectivity index is 1.04. The Morgan fingerprint density at radius 2 is 1.80 bits per heavy atom. The molecule has 1 aromatic rings. The van der Waals surface area contributed by atoms with Gasteiger partial charge in [-0.3, -0.25) is 24.2 Å². The Morgan fingerprint density at radius 3 is 2.55 bits per heavy atom. The van der Waals surface area contributed by atoms with Crippen molar-refractivity contribution in [2.24, 2.45) is 11.8 Å². The molecular weight excluding hydrogens is 517 g/mol. The van der Waals surface area contributed by atoms with Crippen LogP contribution < -0.4 is 15.5 Å². The first-order valence-corrected chi connectivity index (χ1v) is 14.6. The quantitative estimate of drug-likeness (QED) is 0.299. The lowest BCUT2D eigenvalue weighted by Gasteiger charge is -2.41. The van der Waals surface area contributed by atoms with E-state index in [1.165, 1.54) is 18.1 Å². The van der Waals surface area contributed by atoms with Crippen LogP contribution in [0.4, 0.5) is 14.9 Å². The summed E-state index contributed by atoms with van der Waals surface area (Å²) in [5.74, 6) is -1.19. The van der Waals surface area contributed by atoms with Crippen LogP contribution in [0.5, 0.6) is 0 Å². The summed E-state index contributed by atoms with van der Waals surface area (Å²) in [5.41, 5.74) is 0.660. The highest BCUT2D eigenvalue weighted by molar-refractivity contribution is 5.98. The molecule has 3 aliphatic rings. The highest BCUT2D eigenvalue weighted by Crippen LogP contribution is 2.33. The maximum absolute atomic E-state index is 14.0. The standard InChI is InChI=1S/C29H42FN5O5/c1-40-28(38)21-11-12-22-24(20-21)32-29(39)35(27(22)37)15-6-2-3-10-26(36)31-13-7-14-33-16-18-34(19-17-33)25-9-5-4-8-23(25)30/h4-5,8-9,21-22,24H,2-3,6-7,10-20H2,1H3,(H,31,36)(H,32,39). The summed E-state index contributed by atoms with van der Waals surface area (Å²) in [5, 5.41) is 5.88. The van der Waals surface area contributed by atoms with Crippen LogP contribution in [0, 0.1) is 17.7 Å². The number of imide groups is 1. The van der Waals surface area contributed by atoms with Crippen LogP contribution in [0.25, 0.3) is 0 Å². The van der Waals surface area contributed by atoms with E-state index in [-0.39, 0.29) is 41.5 Å². The molecule has 11 heteroatoms. The Kier molecular flexibility index (Phi) is 10.7. The van der Waals surface area contributed by atoms with Gasteiger partial charge in [-0.05, 0) is 57.2 Å². The van der Waals surface area contributed by atoms with Gasteiger partial charge in [0.05, 0.1) is 24.6 Å². The second kappa shape index (κ2) is 14.4. The number of halogens is 1. The first kappa shape index (κ1) is 29.8. The third-order valence-corrected chi connectivity index (χ3v) is 8.35. The third kappa shape index (κ3) is 7.71. The number of para-hydroxylation sites is 1. The number of esters is 1. The van der Waals surface area contributed by atoms with Crippen molar-refractivity contribution in [2.75, 3.05) is 57.8 Å². The average molecular weight is 560 g/mol. The van der Waals surface area contributed by atoms with Gasteiger partial charge in [-0.15, -0.1) is 0 Å². The molecule has 10 nitrogen and oxygen atoms in total. The van der Waals surface area contributed by atoms with Gasteiger partial charge in [0.1, 0.15) is 5.82 Å². The number of nitrogens with zero attached hydrogens (tertiary/aromatic N) is 3. The average Bonchev–Trinajstić information content (AvgIpc) is 2.96. The number of unbranched alkanes of at least 4 members (excludes halogenated alkanes) is 2. The molecule has 220 valence electrons. The molecule has 2 N–H and O–H groups in total. The lowest BCUT2D eigenvalue weighted by molar-refractivity contribution is -0.149. The molecule has 4 amide bonds. The van der Waals surface area contributed by atoms with E-state index in [0.717, 1.165) is 45.6 Å². The fourth-order valence-electron chi connectivity index (χ4n) is 6.03. The molecule has 2 heterocycles. The lowest BCUT2D eigenvalue weighted by Crippen LogP contribution is -2.61. The maximum atomic E-state index is 14.0. The van der Waals surface area contributed by atoms with Crippen molar-refractivity contribution in [3.05, 3.63) is 30.1 Å². The molecule has 3 atom stereocenters. The van der Waals surface area contributed by atoms with Crippen LogP contribution in [0.2, 0.25) is 0 Å². The minimum atomic E-state index is -0.400. The zero-order chi connectivity index (χ0) is 28.5. The predicted octanol–water partition coefficient (Wildman–Crippen LogP) is 2.52. The minimum Gasteiger partial charge on any atom is -0.469 e. The van der Waals surface area contributed by atoms with Gasteiger partial charge in [-0.1, -0.05) is 18.6 Å². The topological polar surface area (TPSA) is 111 Å². The van der Waals surface area contributed by atoms with Gasteiger partial charge in [0, 0.05) is 51.7 Å². The number of piperazine rings is 1. The molecule has 40 heavy (non-hydrogen) atoms. The SMILES string of the molecule is COC(=O)C1CCC2C(=O)N(CCCCCC(=O)NCCCN3CCN(c4ccccc4F)CC3)C(=O)NC2C1. The molecule has 0 aromatic heterocycles. The molecule has 1 aliphatic carbocycles. The van der Waals surface area contributed by atoms with Gasteiger partial charge in [0.25, 0.3) is 0 Å². The Hall–Kier alpha value is -3.21. The van der Waals surface area contributed by atoms with Gasteiger partial charge < -0.3 is 20.3 Å². The van der Waals surface area contributed by atoms with E-state index in [0.29, 0.717) is 57.3 Å². The zero-order valence-electron chi connectivity index (χ0n) is 23.4. The monoisotopic (exact) mass is 559 g/mol. The second-order valence-corrected chi connectivity index (χ2v) is 11.0. The Bertz CT molecular complexity index is 1050. The molecule has 0 bridgehead atoms. The van der Waals surface area contributed by atoms with Gasteiger partial charge in [-0.25, -0.2) is 9.18 Å². The fourth-order valence-corrected chi connectivity index (χ4v) is 6.03. The summed E-state index contributed by atoms with van der Waals surface area (Å²) in [6.45, 7) is 5.16. The lowest BCUT2D eigenvalue weighted by atomic mass is 9.76. The maximum Gasteiger partial charge on any atom is 0.324 e. The summed E-state index contributed by atoms with van der Waals surface area (Å²) in [4.78, 5) is 55.2. The van der Waals surface area contributed by atoms with E-state index in [9.17, 15) is 23.6 Å². The van der Waals surface area contributed by atoms with Crippen molar-refractivity contribution in [2.45, 2.75) is 57.4 Å². The molecule has 3 fully saturated rings. The number of fused-ring (bicyclic) bond motifs is 1. The van der Waals surface area contributed by atoms with Crippen LogP contribution in [0.3, 0.4) is 0 Å². The van der Waals surface area contributed by atoms with E-state index in [1.807, 2.05) is 12.1 Å². The molecule has 0 radical (unpaired) electrons. The minimum absolute atomic E-state index is 0.0152. The number of hydrogen-bond acceptors (Lipinski definition) is 7. The zero-order valence-corrected chi connectivity index (χ0v) is 23.4. The van der Waals surface area contributed by atoms with Gasteiger partial charge in [0.2, 0.25) is 11.8 Å². The van der Waals surface area contributed by atoms with Gasteiger partial charge in [0.15, 0.2) is 0 Å². The summed E-state index contributed by atoms with van der Waals surface area (Å²) in [7, 11) is 1.35. The number of hydrogen-bond donors (Lipinski definition) is 2. The van der Waals surface area contributed by atoms with E-state index in [1.54, 1.807) is 6.07 Å². The molecule has 3 unspecified atom stereocenters. The normalized spacial score (nSPS) is 23.4. The number of rotatable bonds is 12. The van der Waals surface area contributed by atoms with Crippen LogP contribution >= 0.6 is 0 Å². The van der Waals surface area contributed by atoms with Crippen molar-refractivity contribution >= 4 is 29.5 Å². The molecular formula is C29H42FN5O5. The number of ether oxygens (including phenoxy) is 1. The Morgan fingerprint density at radius 1 is 1.02 bits per heavy atom. The number of carbonyl (C=O) groups excluding carboxylic acids is 4. The van der Waals surface area contributed by atoms with Gasteiger partial charge in [-0.2, -0.15) is 0 Å². The number of urea groups is 1. The number of carbonyl (C=O) groups is 4. The van der Waals surface area contributed by atoms with Crippen LogP contribution in [-0.4, -0.2) is 92.6 Å². The van der Waals surface area contributed by atoms with Crippen molar-refractivity contribution in [1.29, 1.82) is 0 Å². The summed E-state index contributed by atoms with van der Waals surface area (Å²) in [6.07, 6.45) is 4.95. The van der Waals surface area contributed by atoms with Crippen LogP contribution in [-0.2, 0) is 19.1 Å². The molecule has 1 aromatic carbocycles. The highest BCUT2D eigenvalue weighted by Gasteiger charge is 2.45. The van der Waals surface area contributed by atoms with Crippen molar-refractivity contribution in [3.63, 3.8) is 0 Å². The molecule has 4 rings (SSSR count). The van der Waals surface area contributed by atoms with Crippen molar-refractivity contribution < 1.29 is 28.3 Å². The van der Waals surface area contributed by atoms with E-state index in [2.05, 4.69) is 20.4 Å². The molecule has 2 aliphatic heterocycles. The fraction of sp³-hybridized carbons (Fsp3) is 0.655. The number of benzene rings is 1. The number of amides is 4. The summed E-state index contributed by atoms with van der Waals surface area (Å²) in [6, 6.07) is 6.16. The largest absolute Gasteiger partial charge is 0.469 e. The first-order valence-electron chi connectivity index (χ1n) is 14.6. The molecule has 0 spiro atoms. The van der Waals surface area contributed by atoms with Crippen LogP contribution in [0.1, 0.15) is 51.4 Å². The second-order valence-electron chi connectivity index (χ2n) is 11.0. The number of nitrogens with one attached hydrogen (secondary N) is 2. The van der Waals surface area contributed by atoms with E-state index < -0.39 is 6.03 Å². The number of anilines is 1. The van der Waals surface area contributed by atoms with Crippen molar-refractivity contribution in [1.82, 2.24) is 20.4 Å². The predicted molar refractivity (Wildman–Crippen MR) is 148 cm³/mol. The first-order chi connectivity index (χ1) is 19.4. The van der Waals surface area contributed by atoms with Crippen molar-refractivity contribution in [3.8, 4) is 0 Å². The third-order valence-electron chi connectivity index (χ3n) is 8.35.